The molecule has 2 rings (SSSR count). The number of rotatable bonds is 4. The zero-order valence-electron chi connectivity index (χ0n) is 12.4. The minimum Gasteiger partial charge on any atom is -0.480 e. The van der Waals surface area contributed by atoms with E-state index in [9.17, 15) is 14.7 Å². The molecule has 1 heterocycles. The molecule has 1 saturated carbocycles. The van der Waals surface area contributed by atoms with Gasteiger partial charge in [0.05, 0.1) is 0 Å². The smallest absolute Gasteiger partial charge is 0.326 e. The molecule has 6 heteroatoms. The number of carbonyl (C=O) groups excluding carboxylic acids is 1. The largest absolute Gasteiger partial charge is 0.480 e. The van der Waals surface area contributed by atoms with Crippen molar-refractivity contribution in [2.24, 2.45) is 0 Å². The summed E-state index contributed by atoms with van der Waals surface area (Å²) in [5.74, 6) is -0.897. The fourth-order valence-electron chi connectivity index (χ4n) is 3.14. The average molecular weight is 283 g/mol. The maximum Gasteiger partial charge on any atom is 0.326 e. The van der Waals surface area contributed by atoms with Crippen LogP contribution in [0.5, 0.6) is 0 Å². The third-order valence-electron chi connectivity index (χ3n) is 4.85. The monoisotopic (exact) mass is 283 g/mol. The number of likely N-dealkylation sites (tertiary alicyclic amines) is 1. The Hall–Kier alpha value is -1.30. The number of hydrogen-bond donors (Lipinski definition) is 2. The highest BCUT2D eigenvalue weighted by molar-refractivity contribution is 5.82. The number of carbonyl (C=O) groups is 2. The van der Waals surface area contributed by atoms with Crippen molar-refractivity contribution in [1.82, 2.24) is 15.1 Å². The van der Waals surface area contributed by atoms with Gasteiger partial charge in [0, 0.05) is 18.6 Å². The fraction of sp³-hybridized carbons (Fsp3) is 0.857. The summed E-state index contributed by atoms with van der Waals surface area (Å²) >= 11 is 0. The lowest BCUT2D eigenvalue weighted by Crippen LogP contribution is -2.60. The Morgan fingerprint density at radius 3 is 2.50 bits per heavy atom. The quantitative estimate of drug-likeness (QED) is 0.811. The van der Waals surface area contributed by atoms with Crippen molar-refractivity contribution < 1.29 is 14.7 Å². The number of nitrogens with zero attached hydrogens (tertiary/aromatic N) is 2. The Labute approximate surface area is 120 Å². The van der Waals surface area contributed by atoms with E-state index in [4.69, 9.17) is 0 Å². The molecule has 2 aliphatic rings. The summed E-state index contributed by atoms with van der Waals surface area (Å²) in [6, 6.07) is -0.898. The van der Waals surface area contributed by atoms with E-state index in [1.807, 2.05) is 14.1 Å². The van der Waals surface area contributed by atoms with Crippen LogP contribution < -0.4 is 5.32 Å². The number of nitrogens with one attached hydrogen (secondary N) is 1. The number of amides is 2. The first kappa shape index (κ1) is 15.1. The molecule has 0 spiro atoms. The van der Waals surface area contributed by atoms with Crippen molar-refractivity contribution in [1.29, 1.82) is 0 Å². The van der Waals surface area contributed by atoms with E-state index < -0.39 is 12.0 Å². The highest BCUT2D eigenvalue weighted by Gasteiger charge is 2.40. The van der Waals surface area contributed by atoms with Crippen molar-refractivity contribution in [2.75, 3.05) is 27.2 Å². The van der Waals surface area contributed by atoms with Crippen LogP contribution in [0.15, 0.2) is 0 Å². The molecule has 0 aromatic rings. The van der Waals surface area contributed by atoms with Gasteiger partial charge in [-0.1, -0.05) is 0 Å². The van der Waals surface area contributed by atoms with E-state index in [1.54, 1.807) is 0 Å². The van der Waals surface area contributed by atoms with Crippen molar-refractivity contribution in [3.05, 3.63) is 0 Å². The van der Waals surface area contributed by atoms with E-state index in [0.29, 0.717) is 19.5 Å². The minimum atomic E-state index is -0.897. The summed E-state index contributed by atoms with van der Waals surface area (Å²) in [7, 11) is 4.07. The number of likely N-dealkylation sites (N-methyl/N-ethyl adjacent to an activating group) is 1. The Morgan fingerprint density at radius 2 is 2.00 bits per heavy atom. The normalized spacial score (nSPS) is 25.1. The molecule has 2 N–H and O–H groups in total. The van der Waals surface area contributed by atoms with Gasteiger partial charge in [-0.25, -0.2) is 9.59 Å². The molecule has 0 bridgehead atoms. The van der Waals surface area contributed by atoms with Gasteiger partial charge in [-0.3, -0.25) is 0 Å². The van der Waals surface area contributed by atoms with Crippen LogP contribution in [0, 0.1) is 0 Å². The van der Waals surface area contributed by atoms with Crippen molar-refractivity contribution >= 4 is 12.0 Å². The minimum absolute atomic E-state index is 0.0597. The lowest BCUT2D eigenvalue weighted by molar-refractivity contribution is -0.143. The second-order valence-corrected chi connectivity index (χ2v) is 6.17. The number of piperidine rings is 1. The van der Waals surface area contributed by atoms with Gasteiger partial charge in [0.15, 0.2) is 0 Å². The van der Waals surface area contributed by atoms with Gasteiger partial charge >= 0.3 is 12.0 Å². The van der Waals surface area contributed by atoms with Crippen LogP contribution in [-0.4, -0.2) is 65.7 Å². The molecule has 114 valence electrons. The second kappa shape index (κ2) is 5.99. The molecule has 0 radical (unpaired) electrons. The first-order valence-electron chi connectivity index (χ1n) is 7.41. The standard InChI is InChI=1S/C14H25N3O3/c1-16(2)14(7-5-8-14)10-15-13(20)17-9-4-3-6-11(17)12(18)19/h11H,3-10H2,1-2H3,(H,15,20)(H,18,19). The van der Waals surface area contributed by atoms with Crippen LogP contribution in [-0.2, 0) is 4.79 Å². The van der Waals surface area contributed by atoms with Crippen LogP contribution in [0.3, 0.4) is 0 Å². The zero-order chi connectivity index (χ0) is 14.8. The predicted octanol–water partition coefficient (Wildman–Crippen LogP) is 1.12. The number of aliphatic carboxylic acids is 1. The first-order chi connectivity index (χ1) is 9.46. The Morgan fingerprint density at radius 1 is 1.30 bits per heavy atom. The van der Waals surface area contributed by atoms with Crippen molar-refractivity contribution in [3.8, 4) is 0 Å². The number of hydrogen-bond acceptors (Lipinski definition) is 3. The topological polar surface area (TPSA) is 72.9 Å². The molecule has 1 saturated heterocycles. The Kier molecular flexibility index (Phi) is 4.52. The number of carboxylic acids is 1. The lowest BCUT2D eigenvalue weighted by Gasteiger charge is -2.47. The fourth-order valence-corrected chi connectivity index (χ4v) is 3.14. The summed E-state index contributed by atoms with van der Waals surface area (Å²) in [5, 5.41) is 12.1. The number of carboxylic acid groups (broad SMARTS) is 1. The maximum absolute atomic E-state index is 12.3. The Balaban J connectivity index is 1.92. The van der Waals surface area contributed by atoms with E-state index in [-0.39, 0.29) is 11.6 Å². The molecule has 1 atom stereocenters. The molecule has 6 nitrogen and oxygen atoms in total. The van der Waals surface area contributed by atoms with E-state index >= 15 is 0 Å². The molecule has 20 heavy (non-hydrogen) atoms. The zero-order valence-corrected chi connectivity index (χ0v) is 12.4. The predicted molar refractivity (Wildman–Crippen MR) is 75.6 cm³/mol. The van der Waals surface area contributed by atoms with Gasteiger partial charge in [0.2, 0.25) is 0 Å². The van der Waals surface area contributed by atoms with Gasteiger partial charge in [0.25, 0.3) is 0 Å². The summed E-state index contributed by atoms with van der Waals surface area (Å²) in [4.78, 5) is 27.1. The Bertz CT molecular complexity index is 380. The van der Waals surface area contributed by atoms with Crippen LogP contribution >= 0.6 is 0 Å². The molecular formula is C14H25N3O3. The van der Waals surface area contributed by atoms with Gasteiger partial charge in [-0.15, -0.1) is 0 Å². The van der Waals surface area contributed by atoms with Gasteiger partial charge < -0.3 is 20.2 Å². The summed E-state index contributed by atoms with van der Waals surface area (Å²) in [5.41, 5.74) is 0.0597. The van der Waals surface area contributed by atoms with E-state index in [2.05, 4.69) is 10.2 Å². The molecule has 1 aliphatic heterocycles. The summed E-state index contributed by atoms with van der Waals surface area (Å²) in [6.07, 6.45) is 5.68. The van der Waals surface area contributed by atoms with Crippen LogP contribution in [0.25, 0.3) is 0 Å². The van der Waals surface area contributed by atoms with Crippen LogP contribution in [0.2, 0.25) is 0 Å². The third kappa shape index (κ3) is 2.90. The molecule has 0 aromatic heterocycles. The molecule has 2 amide bonds. The highest BCUT2D eigenvalue weighted by Crippen LogP contribution is 2.35. The molecular weight excluding hydrogens is 258 g/mol. The highest BCUT2D eigenvalue weighted by atomic mass is 16.4. The summed E-state index contributed by atoms with van der Waals surface area (Å²) in [6.45, 7) is 1.14. The van der Waals surface area contributed by atoms with Gasteiger partial charge in [0.1, 0.15) is 6.04 Å². The maximum atomic E-state index is 12.3. The van der Waals surface area contributed by atoms with Crippen molar-refractivity contribution in [3.63, 3.8) is 0 Å². The molecule has 2 fully saturated rings. The van der Waals surface area contributed by atoms with Gasteiger partial charge in [-0.2, -0.15) is 0 Å². The van der Waals surface area contributed by atoms with E-state index in [1.165, 1.54) is 11.3 Å². The SMILES string of the molecule is CN(C)C1(CNC(=O)N2CCCCC2C(=O)O)CCC1. The second-order valence-electron chi connectivity index (χ2n) is 6.17. The third-order valence-corrected chi connectivity index (χ3v) is 4.85. The van der Waals surface area contributed by atoms with Crippen LogP contribution in [0.1, 0.15) is 38.5 Å². The number of urea groups is 1. The molecule has 0 aromatic carbocycles. The summed E-state index contributed by atoms with van der Waals surface area (Å²) < 4.78 is 0. The van der Waals surface area contributed by atoms with Crippen molar-refractivity contribution in [2.45, 2.75) is 50.1 Å². The molecule has 1 unspecified atom stereocenters. The average Bonchev–Trinajstić information content (AvgIpc) is 2.36. The lowest BCUT2D eigenvalue weighted by atomic mass is 9.75. The van der Waals surface area contributed by atoms with Crippen LogP contribution in [0.4, 0.5) is 4.79 Å². The molecule has 1 aliphatic carbocycles. The van der Waals surface area contributed by atoms with Gasteiger partial charge in [-0.05, 0) is 52.6 Å². The van der Waals surface area contributed by atoms with E-state index in [0.717, 1.165) is 25.7 Å². The first-order valence-corrected chi connectivity index (χ1v) is 7.41.